The van der Waals surface area contributed by atoms with Crippen molar-refractivity contribution in [3.8, 4) is 5.75 Å². The van der Waals surface area contributed by atoms with Crippen LogP contribution in [0.3, 0.4) is 0 Å². The lowest BCUT2D eigenvalue weighted by atomic mass is 9.82. The van der Waals surface area contributed by atoms with Crippen molar-refractivity contribution in [2.24, 2.45) is 11.8 Å². The molecular formula is C29H34F5NO6S. The molecule has 0 radical (unpaired) electrons. The monoisotopic (exact) mass is 619 g/mol. The second-order valence-electron chi connectivity index (χ2n) is 11.3. The molecule has 42 heavy (non-hydrogen) atoms. The van der Waals surface area contributed by atoms with Gasteiger partial charge in [-0.3, -0.25) is 0 Å². The van der Waals surface area contributed by atoms with Crippen LogP contribution in [0.1, 0.15) is 49.8 Å². The molecule has 7 nitrogen and oxygen atoms in total. The lowest BCUT2D eigenvalue weighted by Gasteiger charge is -2.52. The van der Waals surface area contributed by atoms with Gasteiger partial charge in [0.15, 0.2) is 23.3 Å². The summed E-state index contributed by atoms with van der Waals surface area (Å²) < 4.78 is 71.0. The number of thiophene rings is 1. The highest BCUT2D eigenvalue weighted by Gasteiger charge is 2.53. The summed E-state index contributed by atoms with van der Waals surface area (Å²) >= 11 is 1.42. The number of benzene rings is 1. The number of fused-ring (bicyclic) bond motifs is 3. The Morgan fingerprint density at radius 3 is 2.31 bits per heavy atom. The summed E-state index contributed by atoms with van der Waals surface area (Å²) in [5, 5.41) is 22.4. The lowest BCUT2D eigenvalue weighted by Crippen LogP contribution is -2.65. The zero-order chi connectivity index (χ0) is 30.5. The largest absolute Gasteiger partial charge is 0.542 e. The van der Waals surface area contributed by atoms with Crippen LogP contribution < -0.4 is 9.84 Å². The van der Waals surface area contributed by atoms with Gasteiger partial charge in [0.2, 0.25) is 0 Å². The number of hydrogen-bond acceptors (Lipinski definition) is 7. The van der Waals surface area contributed by atoms with Crippen LogP contribution in [0.4, 0.5) is 22.0 Å². The molecule has 3 aliphatic heterocycles. The highest BCUT2D eigenvalue weighted by Crippen LogP contribution is 2.44. The number of carbonyl (C=O) groups excluding carboxylic acids is 2. The Labute approximate surface area is 244 Å². The van der Waals surface area contributed by atoms with Gasteiger partial charge < -0.3 is 29.0 Å². The Kier molecular flexibility index (Phi) is 10.1. The first-order chi connectivity index (χ1) is 19.8. The van der Waals surface area contributed by atoms with E-state index in [1.54, 1.807) is 0 Å². The fraction of sp³-hybridized carbons (Fsp3) is 0.586. The molecule has 13 heteroatoms. The fourth-order valence-corrected chi connectivity index (χ4v) is 7.27. The molecule has 4 fully saturated rings. The quantitative estimate of drug-likeness (QED) is 0.195. The van der Waals surface area contributed by atoms with Crippen LogP contribution in [-0.2, 0) is 19.9 Å². The summed E-state index contributed by atoms with van der Waals surface area (Å²) in [7, 11) is 0. The summed E-state index contributed by atoms with van der Waals surface area (Å²) in [5.74, 6) is -4.50. The minimum absolute atomic E-state index is 0.0651. The van der Waals surface area contributed by atoms with Crippen LogP contribution in [0.2, 0.25) is 0 Å². The van der Waals surface area contributed by atoms with E-state index >= 15 is 0 Å². The van der Waals surface area contributed by atoms with Crippen LogP contribution in [0.25, 0.3) is 0 Å². The van der Waals surface area contributed by atoms with Gasteiger partial charge >= 0.3 is 12.1 Å². The number of esters is 1. The smallest absolute Gasteiger partial charge is 0.430 e. The molecule has 1 aromatic carbocycles. The number of nitrogens with zero attached hydrogens (tertiary/aromatic N) is 1. The number of carboxylic acids is 1. The van der Waals surface area contributed by atoms with E-state index in [0.29, 0.717) is 17.4 Å². The zero-order valence-corrected chi connectivity index (χ0v) is 23.7. The van der Waals surface area contributed by atoms with E-state index in [1.807, 2.05) is 17.5 Å². The number of piperidine rings is 3. The normalized spacial score (nSPS) is 25.3. The third-order valence-electron chi connectivity index (χ3n) is 8.61. The maximum atomic E-state index is 13.8. The SMILES string of the molecule is O=C(O[C@H]1C[N+]2(CCCOc3ccc(F)cc3F)CCC1CC2)[C@](O)(c1cccs1)C1CCCC1.O=C([O-])C(F)(F)F. The molecule has 4 heterocycles. The van der Waals surface area contributed by atoms with Crippen LogP contribution in [0.5, 0.6) is 5.75 Å². The topological polar surface area (TPSA) is 95.9 Å². The number of ether oxygens (including phenoxy) is 2. The lowest BCUT2D eigenvalue weighted by molar-refractivity contribution is -0.946. The molecule has 1 N–H and O–H groups in total. The van der Waals surface area contributed by atoms with Crippen molar-refractivity contribution < 1.29 is 55.7 Å². The minimum atomic E-state index is -5.19. The predicted octanol–water partition coefficient (Wildman–Crippen LogP) is 4.32. The fourth-order valence-electron chi connectivity index (χ4n) is 6.38. The van der Waals surface area contributed by atoms with Crippen molar-refractivity contribution in [3.05, 3.63) is 52.2 Å². The van der Waals surface area contributed by atoms with Crippen LogP contribution in [0, 0.1) is 23.5 Å². The van der Waals surface area contributed by atoms with E-state index < -0.39 is 35.4 Å². The Bertz CT molecular complexity index is 1210. The van der Waals surface area contributed by atoms with Gasteiger partial charge in [0.1, 0.15) is 18.3 Å². The minimum Gasteiger partial charge on any atom is -0.542 e. The van der Waals surface area contributed by atoms with Gasteiger partial charge in [-0.05, 0) is 36.4 Å². The summed E-state index contributed by atoms with van der Waals surface area (Å²) in [5.41, 5.74) is -1.56. The molecule has 6 rings (SSSR count). The molecule has 1 saturated carbocycles. The third kappa shape index (κ3) is 7.41. The van der Waals surface area contributed by atoms with E-state index in [2.05, 4.69) is 0 Å². The van der Waals surface area contributed by atoms with Crippen molar-refractivity contribution in [3.63, 3.8) is 0 Å². The van der Waals surface area contributed by atoms with Crippen LogP contribution >= 0.6 is 11.3 Å². The first-order valence-electron chi connectivity index (χ1n) is 14.0. The van der Waals surface area contributed by atoms with E-state index in [9.17, 15) is 31.9 Å². The maximum Gasteiger partial charge on any atom is 0.430 e. The number of alkyl halides is 3. The van der Waals surface area contributed by atoms with Gasteiger partial charge in [-0.25, -0.2) is 13.6 Å². The van der Waals surface area contributed by atoms with E-state index in [-0.39, 0.29) is 17.8 Å². The standard InChI is InChI=1S/C27H34F2NO4S.C2HF3O2/c28-21-8-9-23(22(29)17-21)33-15-4-12-30-13-10-19(11-14-30)24(18-30)34-26(31)27(32,20-5-1-2-6-20)25-7-3-16-35-25;3-2(4,5)1(6)7/h3,7-9,16-17,19-20,24,32H,1-2,4-6,10-15,18H2;(H,6,7)/q+1;/p-1/t19?,24-,27+,30?;/m0./s1. The number of aliphatic carboxylic acids is 1. The molecule has 2 atom stereocenters. The van der Waals surface area contributed by atoms with Gasteiger partial charge in [-0.15, -0.1) is 11.3 Å². The van der Waals surface area contributed by atoms with Crippen molar-refractivity contribution in [2.75, 3.05) is 32.8 Å². The number of hydrogen-bond donors (Lipinski definition) is 1. The first-order valence-corrected chi connectivity index (χ1v) is 14.9. The summed E-state index contributed by atoms with van der Waals surface area (Å²) in [6.07, 6.45) is 1.05. The number of carbonyl (C=O) groups is 2. The van der Waals surface area contributed by atoms with Crippen LogP contribution in [0.15, 0.2) is 35.7 Å². The summed E-state index contributed by atoms with van der Waals surface area (Å²) in [4.78, 5) is 23.0. The average molecular weight is 620 g/mol. The van der Waals surface area contributed by atoms with Crippen molar-refractivity contribution in [1.82, 2.24) is 0 Å². The third-order valence-corrected chi connectivity index (χ3v) is 9.61. The average Bonchev–Trinajstić information content (AvgIpc) is 3.68. The van der Waals surface area contributed by atoms with Gasteiger partial charge in [0.25, 0.3) is 0 Å². The molecule has 0 unspecified atom stereocenters. The van der Waals surface area contributed by atoms with E-state index in [1.165, 1.54) is 23.5 Å². The molecule has 3 saturated heterocycles. The Morgan fingerprint density at radius 2 is 1.74 bits per heavy atom. The van der Waals surface area contributed by atoms with E-state index in [4.69, 9.17) is 19.4 Å². The molecule has 0 spiro atoms. The molecule has 4 aliphatic rings. The number of halogens is 5. The van der Waals surface area contributed by atoms with E-state index in [0.717, 1.165) is 81.7 Å². The molecule has 0 amide bonds. The van der Waals surface area contributed by atoms with Crippen molar-refractivity contribution in [2.45, 2.75) is 62.8 Å². The zero-order valence-electron chi connectivity index (χ0n) is 22.9. The summed E-state index contributed by atoms with van der Waals surface area (Å²) in [6.45, 7) is 3.99. The van der Waals surface area contributed by atoms with Gasteiger partial charge in [0.05, 0.1) is 26.2 Å². The number of rotatable bonds is 9. The van der Waals surface area contributed by atoms with Crippen LogP contribution in [-0.4, -0.2) is 66.6 Å². The molecular weight excluding hydrogens is 585 g/mol. The van der Waals surface area contributed by atoms with Gasteiger partial charge in [-0.2, -0.15) is 13.2 Å². The number of aliphatic hydroxyl groups is 1. The van der Waals surface area contributed by atoms with Crippen molar-refractivity contribution in [1.29, 1.82) is 0 Å². The number of carboxylic acid groups (broad SMARTS) is 1. The molecule has 2 aromatic rings. The Balaban J connectivity index is 0.000000517. The highest BCUT2D eigenvalue weighted by atomic mass is 32.1. The summed E-state index contributed by atoms with van der Waals surface area (Å²) in [6, 6.07) is 7.06. The second kappa shape index (κ2) is 13.3. The maximum absolute atomic E-state index is 13.8. The first kappa shape index (κ1) is 32.2. The number of quaternary nitrogens is 1. The molecule has 1 aromatic heterocycles. The molecule has 2 bridgehead atoms. The predicted molar refractivity (Wildman–Crippen MR) is 140 cm³/mol. The van der Waals surface area contributed by atoms with Crippen molar-refractivity contribution >= 4 is 23.3 Å². The highest BCUT2D eigenvalue weighted by molar-refractivity contribution is 7.10. The Morgan fingerprint density at radius 1 is 1.07 bits per heavy atom. The van der Waals surface area contributed by atoms with Gasteiger partial charge in [0, 0.05) is 42.0 Å². The molecule has 1 aliphatic carbocycles. The van der Waals surface area contributed by atoms with Gasteiger partial charge in [-0.1, -0.05) is 18.9 Å². The molecule has 232 valence electrons. The Hall–Kier alpha value is -2.77. The second-order valence-corrected chi connectivity index (χ2v) is 12.2.